The van der Waals surface area contributed by atoms with Crippen LogP contribution in [0.15, 0.2) is 42.9 Å². The van der Waals surface area contributed by atoms with E-state index in [0.29, 0.717) is 23.1 Å². The molecule has 1 saturated heterocycles. The largest absolute Gasteiger partial charge is 0.490 e. The number of carbonyl (C=O) groups excluding carboxylic acids is 1. The normalized spacial score (nSPS) is 15.6. The van der Waals surface area contributed by atoms with Crippen molar-refractivity contribution < 1.29 is 13.9 Å². The molecular formula is C24H28FN5O2. The third kappa shape index (κ3) is 5.56. The van der Waals surface area contributed by atoms with E-state index >= 15 is 0 Å². The van der Waals surface area contributed by atoms with Crippen LogP contribution in [0, 0.1) is 11.4 Å². The van der Waals surface area contributed by atoms with E-state index < -0.39 is 5.95 Å². The molecule has 0 bridgehead atoms. The molecule has 3 aromatic rings. The number of nitrogens with zero attached hydrogens (tertiary/aromatic N) is 4. The average molecular weight is 438 g/mol. The predicted octanol–water partition coefficient (Wildman–Crippen LogP) is 4.37. The number of nitrogens with one attached hydrogen (secondary N) is 1. The summed E-state index contributed by atoms with van der Waals surface area (Å²) < 4.78 is 19.7. The number of anilines is 2. The van der Waals surface area contributed by atoms with E-state index in [1.54, 1.807) is 0 Å². The van der Waals surface area contributed by atoms with Crippen LogP contribution in [0.5, 0.6) is 5.75 Å². The molecule has 32 heavy (non-hydrogen) atoms. The predicted molar refractivity (Wildman–Crippen MR) is 122 cm³/mol. The van der Waals surface area contributed by atoms with E-state index in [1.807, 2.05) is 24.3 Å². The van der Waals surface area contributed by atoms with Gasteiger partial charge in [0.25, 0.3) is 0 Å². The summed E-state index contributed by atoms with van der Waals surface area (Å²) in [5, 5.41) is 3.78. The zero-order valence-corrected chi connectivity index (χ0v) is 18.4. The molecule has 0 amide bonds. The zero-order chi connectivity index (χ0) is 22.6. The van der Waals surface area contributed by atoms with Gasteiger partial charge in [-0.25, -0.2) is 15.0 Å². The van der Waals surface area contributed by atoms with Crippen molar-refractivity contribution in [2.24, 2.45) is 5.41 Å². The molecule has 1 aromatic carbocycles. The van der Waals surface area contributed by atoms with E-state index in [4.69, 9.17) is 4.74 Å². The fraction of sp³-hybridized carbons (Fsp3) is 0.417. The van der Waals surface area contributed by atoms with E-state index in [9.17, 15) is 9.18 Å². The maximum Gasteiger partial charge on any atom is 0.213 e. The lowest BCUT2D eigenvalue weighted by atomic mass is 9.88. The molecule has 7 nitrogen and oxygen atoms in total. The van der Waals surface area contributed by atoms with Gasteiger partial charge in [0.05, 0.1) is 11.7 Å². The second kappa shape index (κ2) is 9.56. The Kier molecular flexibility index (Phi) is 6.60. The Morgan fingerprint density at radius 3 is 2.66 bits per heavy atom. The van der Waals surface area contributed by atoms with Gasteiger partial charge in [0, 0.05) is 43.2 Å². The molecule has 3 heterocycles. The van der Waals surface area contributed by atoms with Crippen LogP contribution in [0.3, 0.4) is 0 Å². The SMILES string of the molecule is CC(C)(CC=O)CN1CCC(Oc2ccc(Nc3ncnc4cnc(F)cc34)cc2)CC1. The molecule has 4 rings (SSSR count). The Morgan fingerprint density at radius 1 is 1.19 bits per heavy atom. The van der Waals surface area contributed by atoms with Crippen molar-refractivity contribution in [1.82, 2.24) is 19.9 Å². The molecule has 1 N–H and O–H groups in total. The van der Waals surface area contributed by atoms with Gasteiger partial charge in [-0.1, -0.05) is 13.8 Å². The highest BCUT2D eigenvalue weighted by Gasteiger charge is 2.26. The van der Waals surface area contributed by atoms with Gasteiger partial charge in [0.1, 0.15) is 30.3 Å². The van der Waals surface area contributed by atoms with Gasteiger partial charge < -0.3 is 19.7 Å². The first-order valence-electron chi connectivity index (χ1n) is 10.9. The zero-order valence-electron chi connectivity index (χ0n) is 18.4. The van der Waals surface area contributed by atoms with Crippen molar-refractivity contribution in [3.05, 3.63) is 48.8 Å². The standard InChI is InChI=1S/C24H28FN5O2/c1-24(2,9-12-31)15-30-10-7-19(8-11-30)32-18-5-3-17(4-6-18)29-23-20-13-22(25)26-14-21(20)27-16-28-23/h3-6,12-14,16,19H,7-11,15H2,1-2H3,(H,27,28,29). The van der Waals surface area contributed by atoms with Gasteiger partial charge in [-0.3, -0.25) is 0 Å². The van der Waals surface area contributed by atoms with Crippen LogP contribution in [0.4, 0.5) is 15.9 Å². The molecular weight excluding hydrogens is 409 g/mol. The fourth-order valence-electron chi connectivity index (χ4n) is 4.06. The molecule has 0 spiro atoms. The maximum atomic E-state index is 13.5. The summed E-state index contributed by atoms with van der Waals surface area (Å²) >= 11 is 0. The van der Waals surface area contributed by atoms with Crippen LogP contribution in [0.1, 0.15) is 33.1 Å². The highest BCUT2D eigenvalue weighted by molar-refractivity contribution is 5.89. The van der Waals surface area contributed by atoms with Gasteiger partial charge in [-0.2, -0.15) is 4.39 Å². The first-order chi connectivity index (χ1) is 15.4. The Balaban J connectivity index is 1.32. The smallest absolute Gasteiger partial charge is 0.213 e. The van der Waals surface area contributed by atoms with E-state index in [1.165, 1.54) is 18.6 Å². The van der Waals surface area contributed by atoms with Gasteiger partial charge in [-0.05, 0) is 42.5 Å². The fourth-order valence-corrected chi connectivity index (χ4v) is 4.06. The van der Waals surface area contributed by atoms with Gasteiger partial charge in [0.2, 0.25) is 5.95 Å². The topological polar surface area (TPSA) is 80.2 Å². The molecule has 2 aromatic heterocycles. The number of aldehydes is 1. The number of pyridine rings is 1. The lowest BCUT2D eigenvalue weighted by molar-refractivity contribution is -0.109. The first kappa shape index (κ1) is 22.1. The number of likely N-dealkylation sites (tertiary alicyclic amines) is 1. The molecule has 0 aliphatic carbocycles. The summed E-state index contributed by atoms with van der Waals surface area (Å²) in [4.78, 5) is 25.3. The van der Waals surface area contributed by atoms with Crippen LogP contribution >= 0.6 is 0 Å². The molecule has 0 saturated carbocycles. The maximum absolute atomic E-state index is 13.5. The number of ether oxygens (including phenoxy) is 1. The summed E-state index contributed by atoms with van der Waals surface area (Å²) in [5.41, 5.74) is 1.40. The lowest BCUT2D eigenvalue weighted by Gasteiger charge is -2.36. The van der Waals surface area contributed by atoms with Crippen molar-refractivity contribution in [1.29, 1.82) is 0 Å². The number of hydrogen-bond acceptors (Lipinski definition) is 7. The number of hydrogen-bond donors (Lipinski definition) is 1. The summed E-state index contributed by atoms with van der Waals surface area (Å²) in [6.45, 7) is 7.14. The Morgan fingerprint density at radius 2 is 1.94 bits per heavy atom. The number of piperidine rings is 1. The Hall–Kier alpha value is -3.13. The Labute approximate surface area is 187 Å². The second-order valence-electron chi connectivity index (χ2n) is 9.02. The van der Waals surface area contributed by atoms with E-state index in [0.717, 1.165) is 50.2 Å². The quantitative estimate of drug-likeness (QED) is 0.414. The molecule has 0 unspecified atom stereocenters. The molecule has 168 valence electrons. The molecule has 0 atom stereocenters. The number of rotatable bonds is 8. The third-order valence-electron chi connectivity index (χ3n) is 5.73. The summed E-state index contributed by atoms with van der Waals surface area (Å²) in [5.74, 6) is 0.769. The molecule has 1 aliphatic rings. The van der Waals surface area contributed by atoms with Gasteiger partial charge in [-0.15, -0.1) is 0 Å². The second-order valence-corrected chi connectivity index (χ2v) is 9.02. The molecule has 0 radical (unpaired) electrons. The van der Waals surface area contributed by atoms with Gasteiger partial charge >= 0.3 is 0 Å². The van der Waals surface area contributed by atoms with Crippen LogP contribution in [-0.4, -0.2) is 51.9 Å². The van der Waals surface area contributed by atoms with Crippen molar-refractivity contribution in [3.8, 4) is 5.75 Å². The van der Waals surface area contributed by atoms with Crippen molar-refractivity contribution >= 4 is 28.7 Å². The van der Waals surface area contributed by atoms with Crippen molar-refractivity contribution in [3.63, 3.8) is 0 Å². The van der Waals surface area contributed by atoms with Crippen LogP contribution in [-0.2, 0) is 4.79 Å². The van der Waals surface area contributed by atoms with Crippen LogP contribution in [0.2, 0.25) is 0 Å². The monoisotopic (exact) mass is 437 g/mol. The highest BCUT2D eigenvalue weighted by atomic mass is 19.1. The molecule has 1 aliphatic heterocycles. The van der Waals surface area contributed by atoms with E-state index in [2.05, 4.69) is 39.0 Å². The third-order valence-corrected chi connectivity index (χ3v) is 5.73. The summed E-state index contributed by atoms with van der Waals surface area (Å²) in [6.07, 6.45) is 6.52. The number of fused-ring (bicyclic) bond motifs is 1. The molecule has 1 fully saturated rings. The lowest BCUT2D eigenvalue weighted by Crippen LogP contribution is -2.42. The minimum atomic E-state index is -0.572. The van der Waals surface area contributed by atoms with Crippen molar-refractivity contribution in [2.45, 2.75) is 39.2 Å². The minimum Gasteiger partial charge on any atom is -0.490 e. The number of aromatic nitrogens is 3. The Bertz CT molecular complexity index is 1070. The summed E-state index contributed by atoms with van der Waals surface area (Å²) in [6, 6.07) is 9.00. The number of benzene rings is 1. The van der Waals surface area contributed by atoms with Crippen molar-refractivity contribution in [2.75, 3.05) is 25.0 Å². The van der Waals surface area contributed by atoms with Crippen LogP contribution < -0.4 is 10.1 Å². The first-order valence-corrected chi connectivity index (χ1v) is 10.9. The minimum absolute atomic E-state index is 0.00948. The number of carbonyl (C=O) groups is 1. The number of halogens is 1. The average Bonchev–Trinajstić information content (AvgIpc) is 2.76. The highest BCUT2D eigenvalue weighted by Crippen LogP contribution is 2.27. The van der Waals surface area contributed by atoms with Crippen LogP contribution in [0.25, 0.3) is 10.9 Å². The summed E-state index contributed by atoms with van der Waals surface area (Å²) in [7, 11) is 0. The van der Waals surface area contributed by atoms with E-state index in [-0.39, 0.29) is 11.5 Å². The van der Waals surface area contributed by atoms with Gasteiger partial charge in [0.15, 0.2) is 0 Å². The molecule has 8 heteroatoms.